The number of hydrogen-bond donors (Lipinski definition) is 3. The van der Waals surface area contributed by atoms with Gasteiger partial charge in [0, 0.05) is 35.5 Å². The van der Waals surface area contributed by atoms with Crippen LogP contribution in [0.4, 0.5) is 16.8 Å². The summed E-state index contributed by atoms with van der Waals surface area (Å²) < 4.78 is 4.02. The molecule has 0 aromatic carbocycles. The summed E-state index contributed by atoms with van der Waals surface area (Å²) in [5.74, 6) is 2.17. The molecule has 0 radical (unpaired) electrons. The molecule has 1 atom stereocenters. The standard InChI is InChI=1S/C26H34N8O2S/c1-14(2)34-21(10-15(3)32-34)29-26-31-28-13-33(26)18-8-9-20-19(11-18)22(24(36)27-12-16-4-5-16)25(37-20)30-23(35)17-6-7-17/h10,13-14,16-18H,4-9,11-12H2,1-3H3,(H,27,36)(H,29,31)(H,30,35)/t18-/m0/s1. The third-order valence-corrected chi connectivity index (χ3v) is 8.66. The summed E-state index contributed by atoms with van der Waals surface area (Å²) in [7, 11) is 0. The Kier molecular flexibility index (Phi) is 6.26. The third-order valence-electron chi connectivity index (χ3n) is 7.45. The number of anilines is 3. The smallest absolute Gasteiger partial charge is 0.254 e. The lowest BCUT2D eigenvalue weighted by Gasteiger charge is -2.25. The van der Waals surface area contributed by atoms with Crippen molar-refractivity contribution in [2.75, 3.05) is 17.2 Å². The van der Waals surface area contributed by atoms with E-state index in [-0.39, 0.29) is 29.8 Å². The molecule has 0 unspecified atom stereocenters. The first-order chi connectivity index (χ1) is 17.9. The van der Waals surface area contributed by atoms with Gasteiger partial charge in [0.2, 0.25) is 11.9 Å². The highest BCUT2D eigenvalue weighted by atomic mass is 32.1. The molecule has 2 fully saturated rings. The number of thiophene rings is 1. The number of carbonyl (C=O) groups excluding carboxylic acids is 2. The maximum atomic E-state index is 13.4. The molecule has 11 heteroatoms. The normalized spacial score (nSPS) is 19.1. The first-order valence-corrected chi connectivity index (χ1v) is 14.1. The largest absolute Gasteiger partial charge is 0.352 e. The fourth-order valence-electron chi connectivity index (χ4n) is 5.06. The van der Waals surface area contributed by atoms with Crippen molar-refractivity contribution in [1.29, 1.82) is 0 Å². The molecular weight excluding hydrogens is 488 g/mol. The first kappa shape index (κ1) is 24.1. The van der Waals surface area contributed by atoms with Crippen LogP contribution in [0.3, 0.4) is 0 Å². The fraction of sp³-hybridized carbons (Fsp3) is 0.577. The van der Waals surface area contributed by atoms with Gasteiger partial charge in [0.15, 0.2) is 0 Å². The van der Waals surface area contributed by atoms with E-state index in [4.69, 9.17) is 0 Å². The zero-order chi connectivity index (χ0) is 25.7. The minimum absolute atomic E-state index is 0.0359. The van der Waals surface area contributed by atoms with Crippen LogP contribution >= 0.6 is 11.3 Å². The molecule has 0 saturated heterocycles. The molecule has 3 aliphatic carbocycles. The van der Waals surface area contributed by atoms with Crippen LogP contribution in [0, 0.1) is 18.8 Å². The van der Waals surface area contributed by atoms with Crippen molar-refractivity contribution in [3.63, 3.8) is 0 Å². The van der Waals surface area contributed by atoms with Crippen molar-refractivity contribution >= 4 is 39.9 Å². The van der Waals surface area contributed by atoms with Crippen molar-refractivity contribution in [2.24, 2.45) is 11.8 Å². The number of nitrogens with one attached hydrogen (secondary N) is 3. The molecule has 3 aromatic heterocycles. The second-order valence-electron chi connectivity index (χ2n) is 10.9. The molecule has 3 aromatic rings. The second kappa shape index (κ2) is 9.59. The van der Waals surface area contributed by atoms with Crippen LogP contribution in [0.15, 0.2) is 12.4 Å². The highest BCUT2D eigenvalue weighted by molar-refractivity contribution is 7.17. The maximum absolute atomic E-state index is 13.4. The Balaban J connectivity index is 1.27. The molecule has 10 nitrogen and oxygen atoms in total. The molecule has 3 heterocycles. The van der Waals surface area contributed by atoms with E-state index in [1.54, 1.807) is 17.7 Å². The van der Waals surface area contributed by atoms with E-state index < -0.39 is 0 Å². The lowest BCUT2D eigenvalue weighted by molar-refractivity contribution is -0.117. The van der Waals surface area contributed by atoms with Gasteiger partial charge >= 0.3 is 0 Å². The zero-order valence-electron chi connectivity index (χ0n) is 21.6. The van der Waals surface area contributed by atoms with E-state index in [0.717, 1.165) is 42.8 Å². The predicted molar refractivity (Wildman–Crippen MR) is 142 cm³/mol. The fourth-order valence-corrected chi connectivity index (χ4v) is 6.30. The SMILES string of the molecule is Cc1cc(Nc2nncn2[C@H]2CCc3sc(NC(=O)C4CC4)c(C(=O)NCC4CC4)c3C2)n(C(C)C)n1. The van der Waals surface area contributed by atoms with Gasteiger partial charge in [0.1, 0.15) is 17.1 Å². The number of aryl methyl sites for hydroxylation is 2. The summed E-state index contributed by atoms with van der Waals surface area (Å²) in [5.41, 5.74) is 2.63. The van der Waals surface area contributed by atoms with Gasteiger partial charge in [-0.15, -0.1) is 21.5 Å². The number of nitrogens with zero attached hydrogens (tertiary/aromatic N) is 5. The maximum Gasteiger partial charge on any atom is 0.254 e. The molecule has 37 heavy (non-hydrogen) atoms. The zero-order valence-corrected chi connectivity index (χ0v) is 22.4. The summed E-state index contributed by atoms with van der Waals surface area (Å²) in [5, 5.41) is 23.5. The Labute approximate surface area is 220 Å². The van der Waals surface area contributed by atoms with Crippen LogP contribution in [0.2, 0.25) is 0 Å². The van der Waals surface area contributed by atoms with Gasteiger partial charge in [-0.2, -0.15) is 5.10 Å². The Hall–Kier alpha value is -3.21. The number of carbonyl (C=O) groups is 2. The highest BCUT2D eigenvalue weighted by Gasteiger charge is 2.35. The third kappa shape index (κ3) is 5.01. The minimum Gasteiger partial charge on any atom is -0.352 e. The Morgan fingerprint density at radius 1 is 1.19 bits per heavy atom. The van der Waals surface area contributed by atoms with Gasteiger partial charge < -0.3 is 16.0 Å². The van der Waals surface area contributed by atoms with Crippen LogP contribution in [0.25, 0.3) is 0 Å². The monoisotopic (exact) mass is 522 g/mol. The van der Waals surface area contributed by atoms with Crippen LogP contribution < -0.4 is 16.0 Å². The quantitative estimate of drug-likeness (QED) is 0.384. The summed E-state index contributed by atoms with van der Waals surface area (Å²) in [6.07, 6.45) is 8.40. The topological polar surface area (TPSA) is 119 Å². The summed E-state index contributed by atoms with van der Waals surface area (Å²) >= 11 is 1.57. The molecule has 0 bridgehead atoms. The molecule has 196 valence electrons. The Bertz CT molecular complexity index is 1330. The predicted octanol–water partition coefficient (Wildman–Crippen LogP) is 4.39. The van der Waals surface area contributed by atoms with Crippen molar-refractivity contribution in [2.45, 2.75) is 77.8 Å². The number of hydrogen-bond acceptors (Lipinski definition) is 7. The van der Waals surface area contributed by atoms with Crippen LogP contribution in [0.1, 0.15) is 84.5 Å². The Morgan fingerprint density at radius 3 is 2.73 bits per heavy atom. The lowest BCUT2D eigenvalue weighted by atomic mass is 9.91. The average Bonchev–Trinajstić information content (AvgIpc) is 3.77. The molecular formula is C26H34N8O2S. The molecule has 3 aliphatic rings. The van der Waals surface area contributed by atoms with Gasteiger partial charge in [-0.05, 0) is 77.2 Å². The molecule has 0 aliphatic heterocycles. The number of fused-ring (bicyclic) bond motifs is 1. The van der Waals surface area contributed by atoms with Gasteiger partial charge in [-0.1, -0.05) is 0 Å². The van der Waals surface area contributed by atoms with E-state index in [0.29, 0.717) is 35.4 Å². The molecule has 6 rings (SSSR count). The van der Waals surface area contributed by atoms with Crippen LogP contribution in [0.5, 0.6) is 0 Å². The highest BCUT2D eigenvalue weighted by Crippen LogP contribution is 2.43. The lowest BCUT2D eigenvalue weighted by Crippen LogP contribution is -2.28. The van der Waals surface area contributed by atoms with Crippen molar-refractivity contribution in [1.82, 2.24) is 29.9 Å². The van der Waals surface area contributed by atoms with Gasteiger partial charge in [-0.25, -0.2) is 4.68 Å². The van der Waals surface area contributed by atoms with Crippen molar-refractivity contribution < 1.29 is 9.59 Å². The minimum atomic E-state index is -0.0745. The summed E-state index contributed by atoms with van der Waals surface area (Å²) in [6.45, 7) is 6.86. The first-order valence-electron chi connectivity index (χ1n) is 13.3. The Morgan fingerprint density at radius 2 is 2.00 bits per heavy atom. The second-order valence-corrected chi connectivity index (χ2v) is 12.0. The summed E-state index contributed by atoms with van der Waals surface area (Å²) in [6, 6.07) is 2.31. The van der Waals surface area contributed by atoms with E-state index in [2.05, 4.69) is 49.7 Å². The van der Waals surface area contributed by atoms with Gasteiger partial charge in [0.25, 0.3) is 5.91 Å². The number of rotatable bonds is 9. The van der Waals surface area contributed by atoms with E-state index in [9.17, 15) is 9.59 Å². The molecule has 2 amide bonds. The van der Waals surface area contributed by atoms with Crippen molar-refractivity contribution in [3.05, 3.63) is 34.1 Å². The molecule has 0 spiro atoms. The van der Waals surface area contributed by atoms with Gasteiger partial charge in [-0.3, -0.25) is 14.2 Å². The molecule has 3 N–H and O–H groups in total. The molecule has 2 saturated carbocycles. The average molecular weight is 523 g/mol. The number of amides is 2. The van der Waals surface area contributed by atoms with E-state index in [1.807, 2.05) is 17.7 Å². The van der Waals surface area contributed by atoms with E-state index in [1.165, 1.54) is 17.7 Å². The van der Waals surface area contributed by atoms with E-state index >= 15 is 0 Å². The number of aromatic nitrogens is 5. The van der Waals surface area contributed by atoms with Crippen LogP contribution in [-0.2, 0) is 17.6 Å². The van der Waals surface area contributed by atoms with Gasteiger partial charge in [0.05, 0.1) is 11.3 Å². The van der Waals surface area contributed by atoms with Crippen molar-refractivity contribution in [3.8, 4) is 0 Å². The van der Waals surface area contributed by atoms with Crippen LogP contribution in [-0.4, -0.2) is 42.9 Å². The summed E-state index contributed by atoms with van der Waals surface area (Å²) in [4.78, 5) is 27.2.